The van der Waals surface area contributed by atoms with E-state index in [4.69, 9.17) is 0 Å². The first kappa shape index (κ1) is 10.6. The van der Waals surface area contributed by atoms with Gasteiger partial charge in [0, 0.05) is 19.7 Å². The molecule has 1 aromatic carbocycles. The molecule has 0 aliphatic heterocycles. The predicted octanol–water partition coefficient (Wildman–Crippen LogP) is 2.15. The highest BCUT2D eigenvalue weighted by Gasteiger charge is 2.09. The molecule has 0 aliphatic carbocycles. The smallest absolute Gasteiger partial charge is 0.187 e. The van der Waals surface area contributed by atoms with Gasteiger partial charge in [0.1, 0.15) is 5.69 Å². The molecule has 0 bridgehead atoms. The van der Waals surface area contributed by atoms with Crippen molar-refractivity contribution in [3.05, 3.63) is 53.6 Å². The number of hydrogen-bond acceptors (Lipinski definition) is 2. The van der Waals surface area contributed by atoms with Crippen LogP contribution in [-0.4, -0.2) is 15.3 Å². The number of carbonyl (C=O) groups is 1. The number of imidazole rings is 1. The van der Waals surface area contributed by atoms with Gasteiger partial charge < -0.3 is 4.57 Å². The zero-order valence-electron chi connectivity index (χ0n) is 9.47. The van der Waals surface area contributed by atoms with Gasteiger partial charge in [0.05, 0.1) is 6.33 Å². The van der Waals surface area contributed by atoms with Crippen molar-refractivity contribution in [3.8, 4) is 0 Å². The minimum atomic E-state index is 0.0613. The number of carbonyl (C=O) groups excluding carboxylic acids is 1. The molecule has 0 unspecified atom stereocenters. The predicted molar refractivity (Wildman–Crippen MR) is 62.4 cm³/mol. The summed E-state index contributed by atoms with van der Waals surface area (Å²) < 4.78 is 1.78. The van der Waals surface area contributed by atoms with Crippen molar-refractivity contribution < 1.29 is 4.79 Å². The van der Waals surface area contributed by atoms with Crippen LogP contribution in [0.15, 0.2) is 36.8 Å². The second kappa shape index (κ2) is 4.31. The highest BCUT2D eigenvalue weighted by atomic mass is 16.1. The van der Waals surface area contributed by atoms with Gasteiger partial charge in [-0.15, -0.1) is 0 Å². The third kappa shape index (κ3) is 2.37. The maximum absolute atomic E-state index is 11.9. The molecule has 0 radical (unpaired) electrons. The first-order chi connectivity index (χ1) is 7.65. The normalized spacial score (nSPS) is 10.4. The molecular formula is C13H14N2O. The lowest BCUT2D eigenvalue weighted by Crippen LogP contribution is -2.04. The highest BCUT2D eigenvalue weighted by molar-refractivity contribution is 5.95. The average molecular weight is 214 g/mol. The van der Waals surface area contributed by atoms with Crippen molar-refractivity contribution in [2.75, 3.05) is 0 Å². The van der Waals surface area contributed by atoms with Crippen molar-refractivity contribution in [3.63, 3.8) is 0 Å². The van der Waals surface area contributed by atoms with Crippen LogP contribution in [0.3, 0.4) is 0 Å². The molecule has 0 spiro atoms. The van der Waals surface area contributed by atoms with E-state index < -0.39 is 0 Å². The lowest BCUT2D eigenvalue weighted by molar-refractivity contribution is 0.0988. The molecule has 82 valence electrons. The number of ketones is 1. The summed E-state index contributed by atoms with van der Waals surface area (Å²) >= 11 is 0. The summed E-state index contributed by atoms with van der Waals surface area (Å²) in [7, 11) is 1.86. The van der Waals surface area contributed by atoms with Gasteiger partial charge in [-0.05, 0) is 12.5 Å². The Kier molecular flexibility index (Phi) is 2.86. The van der Waals surface area contributed by atoms with E-state index in [9.17, 15) is 4.79 Å². The summed E-state index contributed by atoms with van der Waals surface area (Å²) in [4.78, 5) is 15.9. The molecule has 0 N–H and O–H groups in total. The minimum Gasteiger partial charge on any atom is -0.340 e. The fraction of sp³-hybridized carbons (Fsp3) is 0.231. The maximum Gasteiger partial charge on any atom is 0.187 e. The van der Waals surface area contributed by atoms with Gasteiger partial charge in [-0.2, -0.15) is 0 Å². The van der Waals surface area contributed by atoms with Crippen LogP contribution in [0.2, 0.25) is 0 Å². The Balaban J connectivity index is 2.13. The van der Waals surface area contributed by atoms with Crippen molar-refractivity contribution in [1.82, 2.24) is 9.55 Å². The molecule has 0 amide bonds. The molecule has 1 heterocycles. The number of Topliss-reactive ketones (excluding diaryl/α,β-unsaturated/α-hetero) is 1. The quantitative estimate of drug-likeness (QED) is 0.734. The van der Waals surface area contributed by atoms with E-state index >= 15 is 0 Å². The van der Waals surface area contributed by atoms with Gasteiger partial charge in [0.2, 0.25) is 0 Å². The summed E-state index contributed by atoms with van der Waals surface area (Å²) in [5.74, 6) is 0.0613. The topological polar surface area (TPSA) is 34.9 Å². The van der Waals surface area contributed by atoms with E-state index in [1.807, 2.05) is 38.2 Å². The number of benzene rings is 1. The zero-order valence-corrected chi connectivity index (χ0v) is 9.47. The van der Waals surface area contributed by atoms with Gasteiger partial charge in [-0.25, -0.2) is 4.98 Å². The van der Waals surface area contributed by atoms with E-state index in [1.165, 1.54) is 5.56 Å². The Labute approximate surface area is 94.7 Å². The number of hydrogen-bond donors (Lipinski definition) is 0. The second-order valence-electron chi connectivity index (χ2n) is 4.01. The van der Waals surface area contributed by atoms with Gasteiger partial charge in [-0.1, -0.05) is 29.8 Å². The fourth-order valence-corrected chi connectivity index (χ4v) is 1.65. The van der Waals surface area contributed by atoms with Crippen LogP contribution in [0, 0.1) is 6.92 Å². The Morgan fingerprint density at radius 2 is 2.25 bits per heavy atom. The van der Waals surface area contributed by atoms with Crippen LogP contribution in [-0.2, 0) is 13.5 Å². The molecule has 3 heteroatoms. The molecule has 1 aromatic heterocycles. The van der Waals surface area contributed by atoms with Crippen LogP contribution in [0.5, 0.6) is 0 Å². The van der Waals surface area contributed by atoms with Gasteiger partial charge in [0.15, 0.2) is 5.78 Å². The molecule has 3 nitrogen and oxygen atoms in total. The second-order valence-corrected chi connectivity index (χ2v) is 4.01. The maximum atomic E-state index is 11.9. The van der Waals surface area contributed by atoms with Gasteiger partial charge in [-0.3, -0.25) is 4.79 Å². The molecule has 0 atom stereocenters. The number of nitrogens with zero attached hydrogens (tertiary/aromatic N) is 2. The Morgan fingerprint density at radius 1 is 1.44 bits per heavy atom. The molecule has 2 aromatic rings. The molecule has 0 saturated heterocycles. The molecule has 2 rings (SSSR count). The van der Waals surface area contributed by atoms with E-state index in [1.54, 1.807) is 17.1 Å². The minimum absolute atomic E-state index is 0.0613. The molecular weight excluding hydrogens is 200 g/mol. The summed E-state index contributed by atoms with van der Waals surface area (Å²) in [5.41, 5.74) is 2.74. The van der Waals surface area contributed by atoms with Gasteiger partial charge in [0.25, 0.3) is 0 Å². The molecule has 0 aliphatic rings. The van der Waals surface area contributed by atoms with Crippen LogP contribution >= 0.6 is 0 Å². The van der Waals surface area contributed by atoms with E-state index in [-0.39, 0.29) is 5.78 Å². The summed E-state index contributed by atoms with van der Waals surface area (Å²) in [6.07, 6.45) is 3.81. The average Bonchev–Trinajstić information content (AvgIpc) is 2.65. The Morgan fingerprint density at radius 3 is 2.88 bits per heavy atom. The Hall–Kier alpha value is -1.90. The zero-order chi connectivity index (χ0) is 11.5. The lowest BCUT2D eigenvalue weighted by atomic mass is 10.1. The first-order valence-electron chi connectivity index (χ1n) is 5.22. The fourth-order valence-electron chi connectivity index (χ4n) is 1.65. The number of aryl methyl sites for hydroxylation is 2. The van der Waals surface area contributed by atoms with E-state index in [0.717, 1.165) is 5.56 Å². The van der Waals surface area contributed by atoms with Crippen LogP contribution < -0.4 is 0 Å². The van der Waals surface area contributed by atoms with Crippen LogP contribution in [0.4, 0.5) is 0 Å². The Bertz CT molecular complexity index is 514. The lowest BCUT2D eigenvalue weighted by Gasteiger charge is -2.00. The SMILES string of the molecule is Cc1cccc(CC(=O)c2cn(C)cn2)c1. The third-order valence-electron chi connectivity index (χ3n) is 2.44. The first-order valence-corrected chi connectivity index (χ1v) is 5.22. The highest BCUT2D eigenvalue weighted by Crippen LogP contribution is 2.08. The largest absolute Gasteiger partial charge is 0.340 e. The standard InChI is InChI=1S/C13H14N2O/c1-10-4-3-5-11(6-10)7-13(16)12-8-15(2)9-14-12/h3-6,8-9H,7H2,1-2H3. The monoisotopic (exact) mass is 214 g/mol. The van der Waals surface area contributed by atoms with E-state index in [2.05, 4.69) is 4.98 Å². The van der Waals surface area contributed by atoms with E-state index in [0.29, 0.717) is 12.1 Å². The van der Waals surface area contributed by atoms with Crippen LogP contribution in [0.1, 0.15) is 21.6 Å². The van der Waals surface area contributed by atoms with Gasteiger partial charge >= 0.3 is 0 Å². The van der Waals surface area contributed by atoms with Crippen molar-refractivity contribution >= 4 is 5.78 Å². The van der Waals surface area contributed by atoms with Crippen molar-refractivity contribution in [1.29, 1.82) is 0 Å². The number of rotatable bonds is 3. The summed E-state index contributed by atoms with van der Waals surface area (Å²) in [6, 6.07) is 7.99. The summed E-state index contributed by atoms with van der Waals surface area (Å²) in [6.45, 7) is 2.02. The number of aromatic nitrogens is 2. The third-order valence-corrected chi connectivity index (χ3v) is 2.44. The molecule has 0 saturated carbocycles. The van der Waals surface area contributed by atoms with Crippen molar-refractivity contribution in [2.45, 2.75) is 13.3 Å². The summed E-state index contributed by atoms with van der Waals surface area (Å²) in [5, 5.41) is 0. The van der Waals surface area contributed by atoms with Crippen molar-refractivity contribution in [2.24, 2.45) is 7.05 Å². The molecule has 0 fully saturated rings. The van der Waals surface area contributed by atoms with Crippen LogP contribution in [0.25, 0.3) is 0 Å². The molecule has 16 heavy (non-hydrogen) atoms.